The van der Waals surface area contributed by atoms with Crippen LogP contribution in [0.1, 0.15) is 86.5 Å². The molecule has 0 bridgehead atoms. The number of nitrogens with two attached hydrogens (primary N) is 1. The van der Waals surface area contributed by atoms with Crippen LogP contribution in [0.3, 0.4) is 0 Å². The van der Waals surface area contributed by atoms with Crippen LogP contribution < -0.4 is 27.0 Å². The highest BCUT2D eigenvalue weighted by Crippen LogP contribution is 2.12. The molecule has 0 saturated carbocycles. The molecule has 0 spiro atoms. The highest BCUT2D eigenvalue weighted by atomic mass is 32.1. The summed E-state index contributed by atoms with van der Waals surface area (Å²) in [5.41, 5.74) is 5.98. The predicted molar refractivity (Wildman–Crippen MR) is 168 cm³/mol. The zero-order chi connectivity index (χ0) is 31.7. The second kappa shape index (κ2) is 20.8. The summed E-state index contributed by atoms with van der Waals surface area (Å²) >= 11 is 8.53. The van der Waals surface area contributed by atoms with Crippen LogP contribution in [-0.4, -0.2) is 76.4 Å². The zero-order valence-electron chi connectivity index (χ0n) is 25.4. The van der Waals surface area contributed by atoms with Crippen LogP contribution in [0.5, 0.6) is 0 Å². The maximum Gasteiger partial charge on any atom is 0.305 e. The second-order valence-electron chi connectivity index (χ2n) is 12.0. The van der Waals surface area contributed by atoms with Crippen LogP contribution >= 0.6 is 25.3 Å². The highest BCUT2D eigenvalue weighted by Gasteiger charge is 2.24. The number of hydrogen-bond acceptors (Lipinski definition) is 8. The topological polar surface area (TPSA) is 180 Å². The number of thiol groups is 2. The fourth-order valence-corrected chi connectivity index (χ4v) is 4.77. The average molecular weight is 620 g/mol. The van der Waals surface area contributed by atoms with Gasteiger partial charge in [0, 0.05) is 67.4 Å². The molecule has 5 atom stereocenters. The Labute approximate surface area is 256 Å². The summed E-state index contributed by atoms with van der Waals surface area (Å²) < 4.78 is 0. The second-order valence-corrected chi connectivity index (χ2v) is 12.7. The van der Waals surface area contributed by atoms with E-state index in [1.807, 2.05) is 41.5 Å². The van der Waals surface area contributed by atoms with Gasteiger partial charge in [0.05, 0.1) is 6.42 Å². The molecule has 0 saturated heterocycles. The SMILES string of the molecule is CC(C)C[C@@H](CC(=O)O)NC(=O)C[C@H](CS)NC(=O)C[C@H](CC(C)C)NC(=O)C[C@H](CS)NC(=O)C[C@@H](N)C(C)C. The lowest BCUT2D eigenvalue weighted by molar-refractivity contribution is -0.138. The van der Waals surface area contributed by atoms with Gasteiger partial charge in [0.15, 0.2) is 0 Å². The average Bonchev–Trinajstić information content (AvgIpc) is 2.81. The first-order chi connectivity index (χ1) is 19.1. The van der Waals surface area contributed by atoms with E-state index in [-0.39, 0.29) is 91.0 Å². The van der Waals surface area contributed by atoms with E-state index in [4.69, 9.17) is 10.8 Å². The number of carbonyl (C=O) groups excluding carboxylic acids is 4. The van der Waals surface area contributed by atoms with E-state index >= 15 is 0 Å². The van der Waals surface area contributed by atoms with Crippen LogP contribution in [-0.2, 0) is 24.0 Å². The van der Waals surface area contributed by atoms with Gasteiger partial charge >= 0.3 is 5.97 Å². The molecule has 4 amide bonds. The van der Waals surface area contributed by atoms with E-state index in [1.54, 1.807) is 0 Å². The first-order valence-electron chi connectivity index (χ1n) is 14.4. The van der Waals surface area contributed by atoms with Crippen molar-refractivity contribution in [2.75, 3.05) is 11.5 Å². The summed E-state index contributed by atoms with van der Waals surface area (Å²) in [4.78, 5) is 61.8. The van der Waals surface area contributed by atoms with E-state index in [0.29, 0.717) is 12.8 Å². The summed E-state index contributed by atoms with van der Waals surface area (Å²) in [6, 6.07) is -2.27. The summed E-state index contributed by atoms with van der Waals surface area (Å²) in [5.74, 6) is -1.22. The van der Waals surface area contributed by atoms with E-state index in [0.717, 1.165) is 0 Å². The lowest BCUT2D eigenvalue weighted by Crippen LogP contribution is -2.47. The molecule has 0 heterocycles. The largest absolute Gasteiger partial charge is 0.481 e. The number of carboxylic acids is 1. The quantitative estimate of drug-likeness (QED) is 0.0904. The molecular weight excluding hydrogens is 566 g/mol. The molecule has 0 unspecified atom stereocenters. The predicted octanol–water partition coefficient (Wildman–Crippen LogP) is 1.90. The monoisotopic (exact) mass is 619 g/mol. The lowest BCUT2D eigenvalue weighted by atomic mass is 9.99. The number of carboxylic acid groups (broad SMARTS) is 1. The van der Waals surface area contributed by atoms with Crippen molar-refractivity contribution in [1.82, 2.24) is 21.3 Å². The van der Waals surface area contributed by atoms with Crippen molar-refractivity contribution >= 4 is 54.9 Å². The van der Waals surface area contributed by atoms with Crippen LogP contribution in [0.4, 0.5) is 0 Å². The van der Waals surface area contributed by atoms with Crippen molar-refractivity contribution < 1.29 is 29.1 Å². The van der Waals surface area contributed by atoms with Crippen LogP contribution in [0, 0.1) is 17.8 Å². The van der Waals surface area contributed by atoms with Crippen molar-refractivity contribution in [3.63, 3.8) is 0 Å². The number of rotatable bonds is 21. The van der Waals surface area contributed by atoms with Crippen LogP contribution in [0.15, 0.2) is 0 Å². The molecule has 0 rings (SSSR count). The number of carbonyl (C=O) groups is 5. The molecule has 0 aliphatic rings. The van der Waals surface area contributed by atoms with Gasteiger partial charge < -0.3 is 32.1 Å². The number of aliphatic carboxylic acids is 1. The smallest absolute Gasteiger partial charge is 0.305 e. The van der Waals surface area contributed by atoms with Gasteiger partial charge in [-0.15, -0.1) is 0 Å². The van der Waals surface area contributed by atoms with Gasteiger partial charge in [-0.3, -0.25) is 24.0 Å². The normalized spacial score (nSPS) is 15.1. The van der Waals surface area contributed by atoms with Gasteiger partial charge in [0.25, 0.3) is 0 Å². The van der Waals surface area contributed by atoms with Crippen LogP contribution in [0.2, 0.25) is 0 Å². The molecule has 41 heavy (non-hydrogen) atoms. The fourth-order valence-electron chi connectivity index (χ4n) is 4.33. The molecule has 0 aromatic carbocycles. The molecule has 238 valence electrons. The third kappa shape index (κ3) is 19.7. The van der Waals surface area contributed by atoms with Gasteiger partial charge in [-0.05, 0) is 30.6 Å². The van der Waals surface area contributed by atoms with Crippen LogP contribution in [0.25, 0.3) is 0 Å². The van der Waals surface area contributed by atoms with Gasteiger partial charge in [-0.2, -0.15) is 25.3 Å². The van der Waals surface area contributed by atoms with Crippen molar-refractivity contribution in [3.8, 4) is 0 Å². The Morgan fingerprint density at radius 3 is 1.22 bits per heavy atom. The molecule has 7 N–H and O–H groups in total. The van der Waals surface area contributed by atoms with E-state index in [2.05, 4.69) is 46.5 Å². The van der Waals surface area contributed by atoms with Crippen molar-refractivity contribution in [1.29, 1.82) is 0 Å². The molecule has 0 fully saturated rings. The van der Waals surface area contributed by atoms with E-state index in [1.165, 1.54) is 0 Å². The standard InChI is InChI=1S/C28H53N5O6S2/c1-16(2)7-19(30-25(35)11-22(15-41)33-27(37)13-23(29)18(5)6)9-24(34)32-21(14-40)10-26(36)31-20(8-17(3)4)12-28(38)39/h16-23,40-41H,7-15,29H2,1-6H3,(H,30,35)(H,31,36)(H,32,34)(H,33,37)(H,38,39)/t19-,20-,21+,22+,23+/m0/s1. The van der Waals surface area contributed by atoms with E-state index in [9.17, 15) is 24.0 Å². The third-order valence-electron chi connectivity index (χ3n) is 6.41. The Balaban J connectivity index is 5.06. The molecule has 11 nitrogen and oxygen atoms in total. The summed E-state index contributed by atoms with van der Waals surface area (Å²) in [5, 5.41) is 20.4. The molecule has 0 aromatic rings. The van der Waals surface area contributed by atoms with Gasteiger partial charge in [-0.1, -0.05) is 41.5 Å². The molecule has 0 aromatic heterocycles. The lowest BCUT2D eigenvalue weighted by Gasteiger charge is -2.24. The molecule has 0 aliphatic heterocycles. The minimum Gasteiger partial charge on any atom is -0.481 e. The Hall–Kier alpha value is -1.99. The first-order valence-corrected chi connectivity index (χ1v) is 15.7. The van der Waals surface area contributed by atoms with E-state index < -0.39 is 30.1 Å². The number of amides is 4. The maximum absolute atomic E-state index is 12.9. The molecule has 0 aliphatic carbocycles. The Morgan fingerprint density at radius 1 is 0.585 bits per heavy atom. The molecular formula is C28H53N5O6S2. The molecule has 13 heteroatoms. The highest BCUT2D eigenvalue weighted by molar-refractivity contribution is 7.80. The summed E-state index contributed by atoms with van der Waals surface area (Å²) in [6.07, 6.45) is 1.02. The number of hydrogen-bond donors (Lipinski definition) is 8. The van der Waals surface area contributed by atoms with Gasteiger partial charge in [0.2, 0.25) is 23.6 Å². The summed E-state index contributed by atoms with van der Waals surface area (Å²) in [7, 11) is 0. The van der Waals surface area contributed by atoms with Crippen molar-refractivity contribution in [2.45, 2.75) is 117 Å². The Morgan fingerprint density at radius 2 is 0.902 bits per heavy atom. The third-order valence-corrected chi connectivity index (χ3v) is 7.29. The minimum atomic E-state index is -0.994. The summed E-state index contributed by atoms with van der Waals surface area (Å²) in [6.45, 7) is 11.7. The zero-order valence-corrected chi connectivity index (χ0v) is 27.2. The Bertz CT molecular complexity index is 843. The van der Waals surface area contributed by atoms with Gasteiger partial charge in [-0.25, -0.2) is 0 Å². The van der Waals surface area contributed by atoms with Crippen molar-refractivity contribution in [3.05, 3.63) is 0 Å². The van der Waals surface area contributed by atoms with Gasteiger partial charge in [0.1, 0.15) is 0 Å². The Kier molecular flexibility index (Phi) is 19.8. The first kappa shape index (κ1) is 39.0. The van der Waals surface area contributed by atoms with Crippen molar-refractivity contribution in [2.24, 2.45) is 23.5 Å². The minimum absolute atomic E-state index is 0.00590. The maximum atomic E-state index is 12.9. The number of nitrogens with one attached hydrogen (secondary N) is 4. The molecule has 0 radical (unpaired) electrons. The fraction of sp³-hybridized carbons (Fsp3) is 0.821.